The highest BCUT2D eigenvalue weighted by Gasteiger charge is 1.93. The molecular weight excluding hydrogens is 260 g/mol. The zero-order valence-corrected chi connectivity index (χ0v) is 8.24. The van der Waals surface area contributed by atoms with Crippen LogP contribution in [0.25, 0.3) is 0 Å². The highest BCUT2D eigenvalue weighted by Crippen LogP contribution is 2.20. The fourth-order valence-electron chi connectivity index (χ4n) is 0.613. The molecule has 0 heterocycles. The van der Waals surface area contributed by atoms with Crippen LogP contribution in [-0.2, 0) is 0 Å². The summed E-state index contributed by atoms with van der Waals surface area (Å²) in [5.74, 6) is 0. The minimum atomic E-state index is 0.999. The molecule has 0 saturated heterocycles. The normalized spacial score (nSPS) is 9.40. The third-order valence-electron chi connectivity index (χ3n) is 1.06. The van der Waals surface area contributed by atoms with Crippen molar-refractivity contribution >= 4 is 37.8 Å². The van der Waals surface area contributed by atoms with E-state index in [9.17, 15) is 0 Å². The van der Waals surface area contributed by atoms with Crippen molar-refractivity contribution in [3.05, 3.63) is 28.7 Å². The number of hydrogen-bond acceptors (Lipinski definition) is 2. The van der Waals surface area contributed by atoms with Crippen LogP contribution < -0.4 is 9.88 Å². The second-order valence-corrected chi connectivity index (χ2v) is 2.95. The molecule has 1 aromatic rings. The van der Waals surface area contributed by atoms with E-state index in [0.717, 1.165) is 10.2 Å². The number of nitrogens with one attached hydrogen (secondary N) is 2. The first kappa shape index (κ1) is 8.04. The Kier molecular flexibility index (Phi) is 3.18. The molecule has 0 radical (unpaired) electrons. The van der Waals surface area contributed by atoms with E-state index >= 15 is 0 Å². The summed E-state index contributed by atoms with van der Waals surface area (Å²) in [5.41, 5.74) is 3.90. The van der Waals surface area contributed by atoms with Gasteiger partial charge in [0.25, 0.3) is 0 Å². The van der Waals surface area contributed by atoms with Gasteiger partial charge in [-0.25, -0.2) is 0 Å². The zero-order valence-electron chi connectivity index (χ0n) is 5.07. The fourth-order valence-corrected chi connectivity index (χ4v) is 1.21. The largest absolute Gasteiger partial charge is 0.310 e. The van der Waals surface area contributed by atoms with Gasteiger partial charge in [-0.1, -0.05) is 12.1 Å². The number of rotatable bonds is 2. The molecule has 0 aliphatic rings. The number of para-hydroxylation sites is 1. The van der Waals surface area contributed by atoms with Gasteiger partial charge in [-0.3, -0.25) is 0 Å². The van der Waals surface area contributed by atoms with Crippen molar-refractivity contribution in [2.24, 2.45) is 0 Å². The summed E-state index contributed by atoms with van der Waals surface area (Å²) in [6, 6.07) is 7.84. The molecule has 4 heteroatoms. The number of hydrazine groups is 1. The second kappa shape index (κ2) is 3.95. The van der Waals surface area contributed by atoms with Gasteiger partial charge in [0.05, 0.1) is 5.69 Å². The average Bonchev–Trinajstić information content (AvgIpc) is 1.94. The summed E-state index contributed by atoms with van der Waals surface area (Å²) in [4.78, 5) is 0. The van der Waals surface area contributed by atoms with Gasteiger partial charge in [0.15, 0.2) is 0 Å². The summed E-state index contributed by atoms with van der Waals surface area (Å²) in [7, 11) is 0. The molecule has 0 aliphatic heterocycles. The van der Waals surface area contributed by atoms with E-state index in [0.29, 0.717) is 0 Å². The maximum atomic E-state index is 3.37. The lowest BCUT2D eigenvalue weighted by Crippen LogP contribution is -2.07. The van der Waals surface area contributed by atoms with Crippen LogP contribution in [0.15, 0.2) is 28.7 Å². The molecule has 2 N–H and O–H groups in total. The molecule has 0 fully saturated rings. The molecule has 0 bridgehead atoms. The van der Waals surface area contributed by atoms with E-state index in [1.54, 1.807) is 0 Å². The summed E-state index contributed by atoms with van der Waals surface area (Å²) < 4.78 is 3.69. The summed E-state index contributed by atoms with van der Waals surface area (Å²) in [6.07, 6.45) is 0. The Morgan fingerprint density at radius 2 is 1.90 bits per heavy atom. The Hall–Kier alpha value is -0.0600. The predicted molar refractivity (Wildman–Crippen MR) is 49.8 cm³/mol. The van der Waals surface area contributed by atoms with Crippen LogP contribution in [0.5, 0.6) is 0 Å². The first-order valence-corrected chi connectivity index (χ1v) is 4.29. The van der Waals surface area contributed by atoms with Crippen LogP contribution in [0.3, 0.4) is 0 Å². The Morgan fingerprint density at radius 1 is 1.20 bits per heavy atom. The van der Waals surface area contributed by atoms with Crippen molar-refractivity contribution in [3.63, 3.8) is 0 Å². The maximum Gasteiger partial charge on any atom is 0.0638 e. The van der Waals surface area contributed by atoms with E-state index in [1.807, 2.05) is 24.3 Å². The smallest absolute Gasteiger partial charge is 0.0638 e. The lowest BCUT2D eigenvalue weighted by molar-refractivity contribution is 1.24. The first-order chi connectivity index (χ1) is 4.84. The highest BCUT2D eigenvalue weighted by molar-refractivity contribution is 9.10. The van der Waals surface area contributed by atoms with Crippen molar-refractivity contribution in [2.75, 3.05) is 5.43 Å². The molecule has 1 aromatic carbocycles. The highest BCUT2D eigenvalue weighted by atomic mass is 79.9. The van der Waals surface area contributed by atoms with Crippen molar-refractivity contribution in [2.45, 2.75) is 0 Å². The van der Waals surface area contributed by atoms with E-state index in [-0.39, 0.29) is 0 Å². The number of halogens is 2. The first-order valence-electron chi connectivity index (χ1n) is 2.71. The summed E-state index contributed by atoms with van der Waals surface area (Å²) >= 11 is 6.41. The van der Waals surface area contributed by atoms with Gasteiger partial charge in [0.2, 0.25) is 0 Å². The molecule has 1 rings (SSSR count). The number of benzene rings is 1. The van der Waals surface area contributed by atoms with Crippen molar-refractivity contribution < 1.29 is 0 Å². The van der Waals surface area contributed by atoms with E-state index in [1.165, 1.54) is 0 Å². The molecule has 10 heavy (non-hydrogen) atoms. The van der Waals surface area contributed by atoms with Crippen LogP contribution in [0.1, 0.15) is 0 Å². The number of hydrogen-bond donors (Lipinski definition) is 2. The fraction of sp³-hybridized carbons (Fsp3) is 0. The third-order valence-corrected chi connectivity index (χ3v) is 1.95. The molecule has 0 spiro atoms. The minimum Gasteiger partial charge on any atom is -0.310 e. The van der Waals surface area contributed by atoms with Gasteiger partial charge < -0.3 is 5.43 Å². The summed E-state index contributed by atoms with van der Waals surface area (Å²) in [5, 5.41) is 0. The number of anilines is 1. The maximum absolute atomic E-state index is 3.37. The molecular formula is C6H6Br2N2. The van der Waals surface area contributed by atoms with Crippen LogP contribution in [0, 0.1) is 0 Å². The lowest BCUT2D eigenvalue weighted by Gasteiger charge is -2.03. The quantitative estimate of drug-likeness (QED) is 0.635. The van der Waals surface area contributed by atoms with Gasteiger partial charge in [0.1, 0.15) is 0 Å². The van der Waals surface area contributed by atoms with E-state index < -0.39 is 0 Å². The minimum absolute atomic E-state index is 0.999. The van der Waals surface area contributed by atoms with Gasteiger partial charge in [0, 0.05) is 20.6 Å². The van der Waals surface area contributed by atoms with Gasteiger partial charge >= 0.3 is 0 Å². The Bertz CT molecular complexity index is 215. The van der Waals surface area contributed by atoms with E-state index in [2.05, 4.69) is 42.0 Å². The average molecular weight is 266 g/mol. The van der Waals surface area contributed by atoms with Crippen molar-refractivity contribution in [1.29, 1.82) is 0 Å². The Balaban J connectivity index is 2.81. The van der Waals surface area contributed by atoms with Gasteiger partial charge in [-0.05, 0) is 28.1 Å². The zero-order chi connectivity index (χ0) is 7.40. The third kappa shape index (κ3) is 1.97. The van der Waals surface area contributed by atoms with Gasteiger partial charge in [-0.2, -0.15) is 4.45 Å². The topological polar surface area (TPSA) is 24.1 Å². The molecule has 0 aliphatic carbocycles. The molecule has 0 saturated carbocycles. The molecule has 0 atom stereocenters. The molecule has 0 amide bonds. The monoisotopic (exact) mass is 264 g/mol. The van der Waals surface area contributed by atoms with Crippen LogP contribution >= 0.6 is 32.1 Å². The van der Waals surface area contributed by atoms with Gasteiger partial charge in [-0.15, -0.1) is 0 Å². The second-order valence-electron chi connectivity index (χ2n) is 1.70. The Labute approximate surface area is 76.4 Å². The Morgan fingerprint density at radius 3 is 2.50 bits per heavy atom. The molecule has 54 valence electrons. The molecule has 0 aromatic heterocycles. The predicted octanol–water partition coefficient (Wildman–Crippen LogP) is 2.68. The van der Waals surface area contributed by atoms with E-state index in [4.69, 9.17) is 0 Å². The van der Waals surface area contributed by atoms with Crippen LogP contribution in [0.4, 0.5) is 5.69 Å². The van der Waals surface area contributed by atoms with Crippen molar-refractivity contribution in [3.8, 4) is 0 Å². The standard InChI is InChI=1S/C6H6Br2N2/c7-5-3-1-2-4-6(5)9-10-8/h1-4,9-10H. The molecule has 2 nitrogen and oxygen atoms in total. The van der Waals surface area contributed by atoms with Crippen molar-refractivity contribution in [1.82, 2.24) is 4.45 Å². The lowest BCUT2D eigenvalue weighted by atomic mass is 10.3. The van der Waals surface area contributed by atoms with Crippen LogP contribution in [0.2, 0.25) is 0 Å². The van der Waals surface area contributed by atoms with Crippen LogP contribution in [-0.4, -0.2) is 0 Å². The SMILES string of the molecule is BrNNc1ccccc1Br. The molecule has 0 unspecified atom stereocenters. The summed E-state index contributed by atoms with van der Waals surface area (Å²) in [6.45, 7) is 0.